The number of carbonyl (C=O) groups excluding carboxylic acids is 2. The lowest BCUT2D eigenvalue weighted by Crippen LogP contribution is -2.22. The Labute approximate surface area is 140 Å². The topological polar surface area (TPSA) is 117 Å². The molecule has 0 aliphatic carbocycles. The van der Waals surface area contributed by atoms with Gasteiger partial charge in [0, 0.05) is 23.3 Å². The smallest absolute Gasteiger partial charge is 0.330 e. The second-order valence-electron chi connectivity index (χ2n) is 4.49. The van der Waals surface area contributed by atoms with E-state index >= 15 is 0 Å². The normalized spacial score (nSPS) is 10.8. The number of rotatable bonds is 7. The van der Waals surface area contributed by atoms with Crippen molar-refractivity contribution in [3.8, 4) is 0 Å². The van der Waals surface area contributed by atoms with Gasteiger partial charge in [-0.05, 0) is 26.0 Å². The molecule has 0 saturated heterocycles. The molecule has 4 N–H and O–H groups in total. The quantitative estimate of drug-likeness (QED) is 0.340. The van der Waals surface area contributed by atoms with Crippen molar-refractivity contribution in [2.24, 2.45) is 16.5 Å². The minimum atomic E-state index is -0.472. The molecule has 0 aliphatic heterocycles. The minimum Gasteiger partial charge on any atom is -0.463 e. The first kappa shape index (κ1) is 19.0. The Hall–Kier alpha value is -3.09. The molecular weight excluding hydrogens is 310 g/mol. The molecular formula is C17H21N3O4. The van der Waals surface area contributed by atoms with Crippen LogP contribution in [0, 0.1) is 0 Å². The number of hydrogen-bond acceptors (Lipinski definition) is 5. The van der Waals surface area contributed by atoms with Gasteiger partial charge in [0.2, 0.25) is 0 Å². The maximum absolute atomic E-state index is 11.5. The highest BCUT2D eigenvalue weighted by Crippen LogP contribution is 2.27. The number of guanidine groups is 1. The summed E-state index contributed by atoms with van der Waals surface area (Å²) >= 11 is 0. The summed E-state index contributed by atoms with van der Waals surface area (Å²) in [5.74, 6) is -1.08. The molecule has 7 heteroatoms. The summed E-state index contributed by atoms with van der Waals surface area (Å²) in [7, 11) is 0. The van der Waals surface area contributed by atoms with E-state index < -0.39 is 11.9 Å². The highest BCUT2D eigenvalue weighted by Gasteiger charge is 2.06. The van der Waals surface area contributed by atoms with Gasteiger partial charge in [-0.3, -0.25) is 0 Å². The van der Waals surface area contributed by atoms with Crippen LogP contribution in [0.4, 0.5) is 5.69 Å². The number of para-hydroxylation sites is 1. The Kier molecular flexibility index (Phi) is 7.77. The molecule has 0 atom stereocenters. The Morgan fingerprint density at radius 3 is 1.83 bits per heavy atom. The van der Waals surface area contributed by atoms with Crippen molar-refractivity contribution in [1.29, 1.82) is 0 Å². The molecule has 0 amide bonds. The van der Waals surface area contributed by atoms with Gasteiger partial charge in [-0.15, -0.1) is 0 Å². The number of benzene rings is 1. The predicted octanol–water partition coefficient (Wildman–Crippen LogP) is 1.74. The molecule has 0 unspecified atom stereocenters. The summed E-state index contributed by atoms with van der Waals surface area (Å²) < 4.78 is 9.67. The van der Waals surface area contributed by atoms with E-state index in [4.69, 9.17) is 20.9 Å². The van der Waals surface area contributed by atoms with Crippen molar-refractivity contribution in [1.82, 2.24) is 0 Å². The number of nitrogens with two attached hydrogens (primary N) is 2. The first-order valence-corrected chi connectivity index (χ1v) is 7.40. The van der Waals surface area contributed by atoms with Crippen molar-refractivity contribution in [2.45, 2.75) is 13.8 Å². The zero-order valence-electron chi connectivity index (χ0n) is 13.7. The number of nitrogens with zero attached hydrogens (tertiary/aromatic N) is 1. The molecule has 1 aromatic carbocycles. The minimum absolute atomic E-state index is 0.141. The molecule has 0 fully saturated rings. The second-order valence-corrected chi connectivity index (χ2v) is 4.49. The average molecular weight is 331 g/mol. The van der Waals surface area contributed by atoms with Crippen LogP contribution in [0.25, 0.3) is 12.2 Å². The molecule has 0 radical (unpaired) electrons. The van der Waals surface area contributed by atoms with Gasteiger partial charge in [-0.2, -0.15) is 0 Å². The van der Waals surface area contributed by atoms with Gasteiger partial charge < -0.3 is 20.9 Å². The molecule has 0 spiro atoms. The fraction of sp³-hybridized carbons (Fsp3) is 0.235. The lowest BCUT2D eigenvalue weighted by molar-refractivity contribution is -0.138. The highest BCUT2D eigenvalue weighted by molar-refractivity contribution is 5.92. The Morgan fingerprint density at radius 1 is 1.00 bits per heavy atom. The first-order valence-electron chi connectivity index (χ1n) is 7.40. The van der Waals surface area contributed by atoms with Crippen LogP contribution in [0.15, 0.2) is 35.3 Å². The third kappa shape index (κ3) is 6.35. The molecule has 24 heavy (non-hydrogen) atoms. The van der Waals surface area contributed by atoms with Crippen LogP contribution in [0.1, 0.15) is 25.0 Å². The zero-order valence-corrected chi connectivity index (χ0v) is 13.7. The maximum atomic E-state index is 11.5. The summed E-state index contributed by atoms with van der Waals surface area (Å²) in [6, 6.07) is 5.22. The van der Waals surface area contributed by atoms with Crippen LogP contribution in [-0.2, 0) is 19.1 Å². The van der Waals surface area contributed by atoms with Gasteiger partial charge in [0.15, 0.2) is 5.96 Å². The van der Waals surface area contributed by atoms with Crippen LogP contribution >= 0.6 is 0 Å². The number of esters is 2. The van der Waals surface area contributed by atoms with Crippen LogP contribution in [0.3, 0.4) is 0 Å². The summed E-state index contributed by atoms with van der Waals surface area (Å²) in [5, 5.41) is 0. The number of carbonyl (C=O) groups is 2. The molecule has 7 nitrogen and oxygen atoms in total. The van der Waals surface area contributed by atoms with Gasteiger partial charge >= 0.3 is 11.9 Å². The first-order chi connectivity index (χ1) is 11.5. The predicted molar refractivity (Wildman–Crippen MR) is 93.2 cm³/mol. The van der Waals surface area contributed by atoms with Crippen LogP contribution in [-0.4, -0.2) is 31.1 Å². The molecule has 128 valence electrons. The van der Waals surface area contributed by atoms with Gasteiger partial charge in [0.1, 0.15) is 0 Å². The third-order valence-corrected chi connectivity index (χ3v) is 2.71. The van der Waals surface area contributed by atoms with Crippen molar-refractivity contribution in [3.05, 3.63) is 41.5 Å². The van der Waals surface area contributed by atoms with E-state index in [1.165, 1.54) is 12.2 Å². The van der Waals surface area contributed by atoms with E-state index in [1.807, 2.05) is 0 Å². The lowest BCUT2D eigenvalue weighted by Gasteiger charge is -2.06. The molecule has 0 aliphatic rings. The molecule has 0 bridgehead atoms. The van der Waals surface area contributed by atoms with Crippen molar-refractivity contribution in [2.75, 3.05) is 13.2 Å². The molecule has 1 rings (SSSR count). The molecule has 0 heterocycles. The standard InChI is InChI=1S/C17H21N3O4/c1-3-23-14(21)10-8-12-6-5-7-13(16(12)20-17(18)19)9-11-15(22)24-4-2/h5-11H,3-4H2,1-2H3,(H4,18,19,20)/b10-8+,11-9+. The van der Waals surface area contributed by atoms with Gasteiger partial charge in [0.05, 0.1) is 18.9 Å². The van der Waals surface area contributed by atoms with Crippen molar-refractivity contribution < 1.29 is 19.1 Å². The average Bonchev–Trinajstić information content (AvgIpc) is 2.52. The fourth-order valence-electron chi connectivity index (χ4n) is 1.80. The number of ether oxygens (including phenoxy) is 2. The van der Waals surface area contributed by atoms with Crippen LogP contribution in [0.2, 0.25) is 0 Å². The highest BCUT2D eigenvalue weighted by atomic mass is 16.5. The van der Waals surface area contributed by atoms with Crippen LogP contribution in [0.5, 0.6) is 0 Å². The summed E-state index contributed by atoms with van der Waals surface area (Å²) in [4.78, 5) is 27.0. The Bertz CT molecular complexity index is 628. The van der Waals surface area contributed by atoms with E-state index in [1.54, 1.807) is 44.2 Å². The maximum Gasteiger partial charge on any atom is 0.330 e. The molecule has 1 aromatic rings. The largest absolute Gasteiger partial charge is 0.463 e. The third-order valence-electron chi connectivity index (χ3n) is 2.71. The van der Waals surface area contributed by atoms with Crippen molar-refractivity contribution >= 4 is 35.7 Å². The zero-order chi connectivity index (χ0) is 17.9. The second kappa shape index (κ2) is 9.83. The fourth-order valence-corrected chi connectivity index (χ4v) is 1.80. The SMILES string of the molecule is CCOC(=O)/C=C/c1cccc(/C=C/C(=O)OCC)c1N=C(N)N. The number of hydrogen-bond donors (Lipinski definition) is 2. The Balaban J connectivity index is 3.21. The van der Waals surface area contributed by atoms with Gasteiger partial charge in [-0.1, -0.05) is 18.2 Å². The van der Waals surface area contributed by atoms with E-state index in [2.05, 4.69) is 4.99 Å². The number of aliphatic imine (C=N–C) groups is 1. The molecule has 0 aromatic heterocycles. The monoisotopic (exact) mass is 331 g/mol. The Morgan fingerprint density at radius 2 is 1.46 bits per heavy atom. The van der Waals surface area contributed by atoms with E-state index in [0.717, 1.165) is 0 Å². The van der Waals surface area contributed by atoms with Gasteiger partial charge in [-0.25, -0.2) is 14.6 Å². The molecule has 0 saturated carbocycles. The van der Waals surface area contributed by atoms with E-state index in [9.17, 15) is 9.59 Å². The summed E-state index contributed by atoms with van der Waals surface area (Å²) in [5.41, 5.74) is 12.6. The van der Waals surface area contributed by atoms with E-state index in [0.29, 0.717) is 16.8 Å². The van der Waals surface area contributed by atoms with E-state index in [-0.39, 0.29) is 19.2 Å². The van der Waals surface area contributed by atoms with Crippen molar-refractivity contribution in [3.63, 3.8) is 0 Å². The van der Waals surface area contributed by atoms with Crippen LogP contribution < -0.4 is 11.5 Å². The lowest BCUT2D eigenvalue weighted by atomic mass is 10.1. The summed E-state index contributed by atoms with van der Waals surface area (Å²) in [6.45, 7) is 4.01. The summed E-state index contributed by atoms with van der Waals surface area (Å²) in [6.07, 6.45) is 5.65. The van der Waals surface area contributed by atoms with Gasteiger partial charge in [0.25, 0.3) is 0 Å².